The molecule has 3 aliphatic heterocycles. The molecule has 4 amide bonds. The van der Waals surface area contributed by atoms with Crippen molar-refractivity contribution in [3.8, 4) is 34.2 Å². The fraction of sp³-hybridized carbons (Fsp3) is 0.242. The van der Waals surface area contributed by atoms with Gasteiger partial charge in [0.2, 0.25) is 23.6 Å². The number of aromatic nitrogens is 8. The summed E-state index contributed by atoms with van der Waals surface area (Å²) in [5.41, 5.74) is 11.2. The lowest BCUT2D eigenvalue weighted by molar-refractivity contribution is -0.115. The molecule has 6 aromatic heterocycles. The lowest BCUT2D eigenvalue weighted by Gasteiger charge is -2.39. The number of amides is 4. The van der Waals surface area contributed by atoms with Crippen LogP contribution in [0.15, 0.2) is 149 Å². The van der Waals surface area contributed by atoms with E-state index in [0.29, 0.717) is 120 Å². The molecule has 3 aliphatic rings. The first-order valence-corrected chi connectivity index (χ1v) is 27.5. The van der Waals surface area contributed by atoms with E-state index in [2.05, 4.69) is 93.7 Å². The van der Waals surface area contributed by atoms with Crippen LogP contribution < -0.4 is 10.6 Å². The zero-order valence-corrected chi connectivity index (χ0v) is 45.8. The summed E-state index contributed by atoms with van der Waals surface area (Å²) in [5, 5.41) is 5.55. The van der Waals surface area contributed by atoms with E-state index < -0.39 is 0 Å². The number of piperazine rings is 2. The number of hydrogen-bond donors (Lipinski definition) is 3. The maximum atomic E-state index is 14.2. The summed E-state index contributed by atoms with van der Waals surface area (Å²) >= 11 is 0. The van der Waals surface area contributed by atoms with E-state index in [-0.39, 0.29) is 41.4 Å². The second kappa shape index (κ2) is 22.3. The largest absolute Gasteiger partial charge is 0.436 e. The number of rotatable bonds is 13. The zero-order valence-electron chi connectivity index (χ0n) is 45.8. The van der Waals surface area contributed by atoms with E-state index in [1.165, 1.54) is 13.8 Å². The van der Waals surface area contributed by atoms with E-state index in [1.54, 1.807) is 73.1 Å². The highest BCUT2D eigenvalue weighted by Gasteiger charge is 2.35. The summed E-state index contributed by atoms with van der Waals surface area (Å²) < 4.78 is 12.1. The Morgan fingerprint density at radius 2 is 1.08 bits per heavy atom. The first kappa shape index (κ1) is 52.5. The van der Waals surface area contributed by atoms with Crippen LogP contribution in [0, 0.1) is 0 Å². The van der Waals surface area contributed by atoms with Crippen molar-refractivity contribution in [3.05, 3.63) is 185 Å². The molecule has 3 N–H and O–H groups in total. The minimum Gasteiger partial charge on any atom is -0.436 e. The third-order valence-electron chi connectivity index (χ3n) is 15.3. The third kappa shape index (κ3) is 10.9. The maximum Gasteiger partial charge on any atom is 0.272 e. The molecule has 0 saturated carbocycles. The molecule has 13 rings (SSSR count). The molecule has 21 heteroatoms. The summed E-state index contributed by atoms with van der Waals surface area (Å²) in [5.74, 6) is 1.45. The molecule has 0 aliphatic carbocycles. The van der Waals surface area contributed by atoms with Crippen LogP contribution >= 0.6 is 0 Å². The number of imidazole rings is 1. The highest BCUT2D eigenvalue weighted by molar-refractivity contribution is 5.95. The molecule has 2 atom stereocenters. The maximum absolute atomic E-state index is 14.2. The molecule has 83 heavy (non-hydrogen) atoms. The van der Waals surface area contributed by atoms with Crippen molar-refractivity contribution in [2.24, 2.45) is 0 Å². The van der Waals surface area contributed by atoms with Gasteiger partial charge in [0.1, 0.15) is 28.2 Å². The molecule has 4 aromatic carbocycles. The standard InChI is InChI=1S/C62H57N15O6/c1-37(78)66-44-12-14-53-47(33-44)71-59(82-53)42-16-19-63-49(31-42)61(80)76-26-22-74(23-27-76)55(39-8-5-4-6-9-39)57-65-21-18-46(68-57)40-10-7-11-41(30-40)56(58-69-51-35-73(3)36-52(51)70-58)75-24-28-77(29-25-75)62(81)50-32-43(17-20-64-50)60-72-48-34-45(67-38(2)79)13-15-54(48)83-60/h4-21,30-34,55-56H,22-29,35-36H2,1-3H3,(H,66,78)(H,67,79)(H,69,70). The van der Waals surface area contributed by atoms with Crippen LogP contribution in [0.2, 0.25) is 0 Å². The van der Waals surface area contributed by atoms with Gasteiger partial charge < -0.3 is 34.3 Å². The molecule has 2 fully saturated rings. The van der Waals surface area contributed by atoms with Crippen LogP contribution in [0.3, 0.4) is 0 Å². The molecule has 9 heterocycles. The Balaban J connectivity index is 0.720. The molecule has 416 valence electrons. The fourth-order valence-corrected chi connectivity index (χ4v) is 11.4. The van der Waals surface area contributed by atoms with Gasteiger partial charge in [-0.05, 0) is 91.0 Å². The molecule has 0 radical (unpaired) electrons. The molecule has 21 nitrogen and oxygen atoms in total. The van der Waals surface area contributed by atoms with Crippen LogP contribution in [0.4, 0.5) is 11.4 Å². The van der Waals surface area contributed by atoms with Crippen LogP contribution in [0.1, 0.15) is 81.1 Å². The van der Waals surface area contributed by atoms with Gasteiger partial charge in [-0.25, -0.2) is 24.9 Å². The molecule has 0 spiro atoms. The Hall–Kier alpha value is -9.83. The summed E-state index contributed by atoms with van der Waals surface area (Å²) in [6, 6.07) is 37.5. The van der Waals surface area contributed by atoms with Crippen LogP contribution in [0.25, 0.3) is 56.4 Å². The van der Waals surface area contributed by atoms with Gasteiger partial charge in [0, 0.05) is 126 Å². The van der Waals surface area contributed by atoms with Crippen LogP contribution in [-0.4, -0.2) is 147 Å². The van der Waals surface area contributed by atoms with Crippen LogP contribution in [-0.2, 0) is 22.7 Å². The number of carbonyl (C=O) groups excluding carboxylic acids is 4. The summed E-state index contributed by atoms with van der Waals surface area (Å²) in [6.07, 6.45) is 5.01. The normalized spacial score (nSPS) is 15.8. The second-order valence-electron chi connectivity index (χ2n) is 21.1. The van der Waals surface area contributed by atoms with Gasteiger partial charge >= 0.3 is 0 Å². The van der Waals surface area contributed by atoms with E-state index in [9.17, 15) is 19.2 Å². The highest BCUT2D eigenvalue weighted by atomic mass is 16.4. The number of nitrogens with one attached hydrogen (secondary N) is 3. The second-order valence-corrected chi connectivity index (χ2v) is 21.1. The fourth-order valence-electron chi connectivity index (χ4n) is 11.4. The minimum absolute atomic E-state index is 0.183. The smallest absolute Gasteiger partial charge is 0.272 e. The zero-order chi connectivity index (χ0) is 56.7. The average Bonchev–Trinajstić information content (AvgIpc) is 4.46. The predicted octanol–water partition coefficient (Wildman–Crippen LogP) is 8.23. The van der Waals surface area contributed by atoms with Crippen molar-refractivity contribution < 1.29 is 28.0 Å². The van der Waals surface area contributed by atoms with Gasteiger partial charge in [0.25, 0.3) is 11.8 Å². The monoisotopic (exact) mass is 1110 g/mol. The van der Waals surface area contributed by atoms with Gasteiger partial charge in [-0.2, -0.15) is 0 Å². The number of anilines is 2. The molecular formula is C62H57N15O6. The highest BCUT2D eigenvalue weighted by Crippen LogP contribution is 2.36. The van der Waals surface area contributed by atoms with Gasteiger partial charge in [0.05, 0.1) is 29.2 Å². The quantitative estimate of drug-likeness (QED) is 0.0985. The Labute approximate surface area is 476 Å². The van der Waals surface area contributed by atoms with Crippen molar-refractivity contribution in [1.29, 1.82) is 0 Å². The number of aromatic amines is 1. The Kier molecular flexibility index (Phi) is 14.1. The van der Waals surface area contributed by atoms with Gasteiger partial charge in [-0.3, -0.25) is 43.8 Å². The number of pyridine rings is 2. The Morgan fingerprint density at radius 3 is 1.65 bits per heavy atom. The number of hydrogen-bond acceptors (Lipinski definition) is 16. The minimum atomic E-state index is -0.302. The topological polar surface area (TPSA) is 241 Å². The van der Waals surface area contributed by atoms with Gasteiger partial charge in [0.15, 0.2) is 17.0 Å². The molecular weight excluding hydrogens is 1050 g/mol. The van der Waals surface area contributed by atoms with Gasteiger partial charge in [-0.15, -0.1) is 0 Å². The van der Waals surface area contributed by atoms with Crippen LogP contribution in [0.5, 0.6) is 0 Å². The predicted molar refractivity (Wildman–Crippen MR) is 309 cm³/mol. The lowest BCUT2D eigenvalue weighted by atomic mass is 9.99. The van der Waals surface area contributed by atoms with E-state index in [4.69, 9.17) is 23.8 Å². The SMILES string of the molecule is CC(=O)Nc1ccc2oc(-c3ccnc(C(=O)N4CCN(C(c5ccccc5)c5nccc(-c6cccc(C(c7nc8c([nH]7)CN(C)C8)N7CCN(C(=O)c8cc(-c9nc%10cc(NC(C)=O)ccc%10o9)ccn8)CC7)c6)n5)CC4)c3)nc2c1. The van der Waals surface area contributed by atoms with Crippen molar-refractivity contribution in [2.45, 2.75) is 39.0 Å². The number of benzene rings is 4. The van der Waals surface area contributed by atoms with E-state index in [1.807, 2.05) is 40.3 Å². The Bertz CT molecular complexity index is 4080. The van der Waals surface area contributed by atoms with Gasteiger partial charge in [-0.1, -0.05) is 48.5 Å². The summed E-state index contributed by atoms with van der Waals surface area (Å²) in [4.78, 5) is 99.6. The van der Waals surface area contributed by atoms with Crippen molar-refractivity contribution in [2.75, 3.05) is 70.0 Å². The first-order valence-electron chi connectivity index (χ1n) is 27.5. The van der Waals surface area contributed by atoms with Crippen molar-refractivity contribution >= 4 is 57.2 Å². The number of fused-ring (bicyclic) bond motifs is 3. The molecule has 2 saturated heterocycles. The summed E-state index contributed by atoms with van der Waals surface area (Å²) in [7, 11) is 2.09. The molecule has 10 aromatic rings. The Morgan fingerprint density at radius 1 is 0.530 bits per heavy atom. The van der Waals surface area contributed by atoms with E-state index >= 15 is 0 Å². The first-order chi connectivity index (χ1) is 40.4. The number of nitrogens with zero attached hydrogens (tertiary/aromatic N) is 12. The summed E-state index contributed by atoms with van der Waals surface area (Å²) in [6.45, 7) is 8.55. The number of carbonyl (C=O) groups is 4. The lowest BCUT2D eigenvalue weighted by Crippen LogP contribution is -2.50. The molecule has 2 unspecified atom stereocenters. The average molecular weight is 1110 g/mol. The third-order valence-corrected chi connectivity index (χ3v) is 15.3. The number of H-pyrrole nitrogens is 1. The number of oxazole rings is 2. The molecule has 0 bridgehead atoms. The van der Waals surface area contributed by atoms with Crippen molar-refractivity contribution in [3.63, 3.8) is 0 Å². The van der Waals surface area contributed by atoms with Crippen molar-refractivity contribution in [1.82, 2.24) is 64.4 Å². The van der Waals surface area contributed by atoms with E-state index in [0.717, 1.165) is 52.7 Å².